The van der Waals surface area contributed by atoms with Crippen LogP contribution in [-0.2, 0) is 23.9 Å². The zero-order valence-electron chi connectivity index (χ0n) is 15.0. The lowest BCUT2D eigenvalue weighted by Crippen LogP contribution is -2.28. The van der Waals surface area contributed by atoms with Crippen LogP contribution >= 0.6 is 0 Å². The molecule has 0 fully saturated rings. The Bertz CT molecular complexity index is 837. The fourth-order valence-electron chi connectivity index (χ4n) is 2.46. The van der Waals surface area contributed by atoms with Gasteiger partial charge in [0.15, 0.2) is 0 Å². The van der Waals surface area contributed by atoms with Crippen molar-refractivity contribution in [3.63, 3.8) is 0 Å². The van der Waals surface area contributed by atoms with Crippen molar-refractivity contribution in [1.29, 1.82) is 0 Å². The molecule has 1 aromatic heterocycles. The summed E-state index contributed by atoms with van der Waals surface area (Å²) in [6.45, 7) is 3.03. The van der Waals surface area contributed by atoms with E-state index < -0.39 is 22.4 Å². The van der Waals surface area contributed by atoms with Gasteiger partial charge in [0, 0.05) is 38.5 Å². The highest BCUT2D eigenvalue weighted by molar-refractivity contribution is 5.76. The number of amides is 1. The van der Waals surface area contributed by atoms with Gasteiger partial charge in [0.25, 0.3) is 5.69 Å². The predicted octanol–water partition coefficient (Wildman–Crippen LogP) is 2.39. The molecule has 0 aliphatic heterocycles. The average Bonchev–Trinajstić information content (AvgIpc) is 3.08. The van der Waals surface area contributed by atoms with E-state index in [-0.39, 0.29) is 24.6 Å². The summed E-state index contributed by atoms with van der Waals surface area (Å²) in [4.78, 5) is 22.0. The van der Waals surface area contributed by atoms with Gasteiger partial charge in [-0.05, 0) is 19.1 Å². The molecule has 0 aliphatic rings. The third-order valence-electron chi connectivity index (χ3n) is 3.90. The van der Waals surface area contributed by atoms with Crippen LogP contribution in [-0.4, -0.2) is 38.7 Å². The van der Waals surface area contributed by atoms with Gasteiger partial charge >= 0.3 is 6.18 Å². The Hall–Kier alpha value is -3.18. The molecule has 9 nitrogen and oxygen atoms in total. The van der Waals surface area contributed by atoms with E-state index in [0.29, 0.717) is 25.6 Å². The summed E-state index contributed by atoms with van der Waals surface area (Å²) < 4.78 is 39.9. The number of aryl methyl sites for hydroxylation is 1. The highest BCUT2D eigenvalue weighted by Gasteiger charge is 2.33. The Labute approximate surface area is 158 Å². The molecule has 0 unspecified atom stereocenters. The van der Waals surface area contributed by atoms with E-state index >= 15 is 0 Å². The van der Waals surface area contributed by atoms with Gasteiger partial charge in [-0.2, -0.15) is 13.2 Å². The van der Waals surface area contributed by atoms with Gasteiger partial charge in [-0.3, -0.25) is 14.9 Å². The van der Waals surface area contributed by atoms with E-state index in [4.69, 9.17) is 0 Å². The molecule has 1 aromatic carbocycles. The minimum atomic E-state index is -4.68. The predicted molar refractivity (Wildman–Crippen MR) is 93.6 cm³/mol. The molecule has 2 rings (SSSR count). The molecule has 2 aromatic rings. The maximum atomic E-state index is 12.7. The number of nitrogens with one attached hydrogen (secondary N) is 2. The van der Waals surface area contributed by atoms with Crippen molar-refractivity contribution < 1.29 is 22.9 Å². The largest absolute Gasteiger partial charge is 0.416 e. The van der Waals surface area contributed by atoms with Gasteiger partial charge in [-0.15, -0.1) is 10.2 Å². The van der Waals surface area contributed by atoms with Crippen molar-refractivity contribution in [2.45, 2.75) is 32.5 Å². The van der Waals surface area contributed by atoms with E-state index in [0.717, 1.165) is 18.0 Å². The third kappa shape index (κ3) is 5.66. The number of hydrogen-bond donors (Lipinski definition) is 2. The molecule has 0 saturated heterocycles. The number of carbonyl (C=O) groups excluding carboxylic acids is 1. The number of nitrogens with zero attached hydrogens (tertiary/aromatic N) is 4. The monoisotopic (exact) mass is 400 g/mol. The second kappa shape index (κ2) is 9.15. The summed E-state index contributed by atoms with van der Waals surface area (Å²) in [5.41, 5.74) is -1.89. The van der Waals surface area contributed by atoms with E-state index in [1.165, 1.54) is 0 Å². The lowest BCUT2D eigenvalue weighted by Gasteiger charge is -2.11. The van der Waals surface area contributed by atoms with Gasteiger partial charge < -0.3 is 15.2 Å². The third-order valence-corrected chi connectivity index (χ3v) is 3.90. The summed E-state index contributed by atoms with van der Waals surface area (Å²) >= 11 is 0. The number of anilines is 1. The van der Waals surface area contributed by atoms with Gasteiger partial charge in [0.1, 0.15) is 17.8 Å². The summed E-state index contributed by atoms with van der Waals surface area (Å²) in [7, 11) is 0. The number of nitro benzene ring substituents is 1. The lowest BCUT2D eigenvalue weighted by atomic mass is 10.1. The van der Waals surface area contributed by atoms with Gasteiger partial charge in [0.2, 0.25) is 5.91 Å². The minimum absolute atomic E-state index is 0.00134. The van der Waals surface area contributed by atoms with Crippen LogP contribution in [0.4, 0.5) is 24.5 Å². The fourth-order valence-corrected chi connectivity index (χ4v) is 2.46. The van der Waals surface area contributed by atoms with Crippen molar-refractivity contribution >= 4 is 17.3 Å². The molecule has 0 radical (unpaired) electrons. The van der Waals surface area contributed by atoms with Crippen LogP contribution in [0.1, 0.15) is 24.7 Å². The maximum Gasteiger partial charge on any atom is 0.416 e. The molecule has 0 spiro atoms. The molecule has 0 saturated carbocycles. The molecule has 0 bridgehead atoms. The molecule has 1 amide bonds. The summed E-state index contributed by atoms with van der Waals surface area (Å²) in [5, 5.41) is 24.0. The first-order chi connectivity index (χ1) is 13.2. The Kier molecular flexibility index (Phi) is 6.90. The van der Waals surface area contributed by atoms with Gasteiger partial charge in [-0.1, -0.05) is 0 Å². The number of hydrogen-bond acceptors (Lipinski definition) is 6. The highest BCUT2D eigenvalue weighted by atomic mass is 19.4. The normalized spacial score (nSPS) is 11.3. The van der Waals surface area contributed by atoms with Crippen molar-refractivity contribution in [3.8, 4) is 0 Å². The van der Waals surface area contributed by atoms with Gasteiger partial charge in [-0.25, -0.2) is 0 Å². The molecule has 12 heteroatoms. The zero-order chi connectivity index (χ0) is 20.7. The fraction of sp³-hybridized carbons (Fsp3) is 0.438. The highest BCUT2D eigenvalue weighted by Crippen LogP contribution is 2.34. The number of nitro groups is 1. The number of halogens is 3. The minimum Gasteiger partial charge on any atom is -0.379 e. The number of benzene rings is 1. The van der Waals surface area contributed by atoms with Crippen LogP contribution in [0.5, 0.6) is 0 Å². The van der Waals surface area contributed by atoms with Gasteiger partial charge in [0.05, 0.1) is 10.5 Å². The molecule has 152 valence electrons. The van der Waals surface area contributed by atoms with E-state index in [1.54, 1.807) is 6.33 Å². The van der Waals surface area contributed by atoms with E-state index in [2.05, 4.69) is 20.8 Å². The SMILES string of the molecule is CCn1cnnc1CCNC(=O)CCNc1ccc(C(F)(F)F)cc1[N+](=O)[O-]. The second-order valence-electron chi connectivity index (χ2n) is 5.80. The van der Waals surface area contributed by atoms with Crippen molar-refractivity contribution in [2.24, 2.45) is 0 Å². The van der Waals surface area contributed by atoms with Crippen LogP contribution in [0.15, 0.2) is 24.5 Å². The van der Waals surface area contributed by atoms with Crippen LogP contribution < -0.4 is 10.6 Å². The maximum absolute atomic E-state index is 12.7. The molecular formula is C16H19F3N6O3. The number of carbonyl (C=O) groups is 1. The first-order valence-corrected chi connectivity index (χ1v) is 8.45. The van der Waals surface area contributed by atoms with Crippen molar-refractivity contribution in [3.05, 3.63) is 46.0 Å². The summed E-state index contributed by atoms with van der Waals surface area (Å²) in [5.74, 6) is 0.436. The molecule has 0 aliphatic carbocycles. The number of aromatic nitrogens is 3. The smallest absolute Gasteiger partial charge is 0.379 e. The van der Waals surface area contributed by atoms with E-state index in [1.807, 2.05) is 11.5 Å². The molecule has 1 heterocycles. The van der Waals surface area contributed by atoms with Crippen LogP contribution in [0, 0.1) is 10.1 Å². The quantitative estimate of drug-likeness (QED) is 0.493. The average molecular weight is 400 g/mol. The Morgan fingerprint density at radius 2 is 2.07 bits per heavy atom. The molecule has 28 heavy (non-hydrogen) atoms. The summed E-state index contributed by atoms with van der Waals surface area (Å²) in [6, 6.07) is 2.20. The van der Waals surface area contributed by atoms with Crippen molar-refractivity contribution in [2.75, 3.05) is 18.4 Å². The zero-order valence-corrected chi connectivity index (χ0v) is 15.0. The Morgan fingerprint density at radius 1 is 1.32 bits per heavy atom. The number of rotatable bonds is 9. The van der Waals surface area contributed by atoms with Crippen LogP contribution in [0.25, 0.3) is 0 Å². The molecule has 2 N–H and O–H groups in total. The first kappa shape index (κ1) is 21.1. The standard InChI is InChI=1S/C16H19F3N6O3/c1-2-24-10-22-23-14(24)5-7-21-15(26)6-8-20-12-4-3-11(16(17,18)19)9-13(12)25(27)28/h3-4,9-10,20H,2,5-8H2,1H3,(H,21,26). The van der Waals surface area contributed by atoms with E-state index in [9.17, 15) is 28.1 Å². The first-order valence-electron chi connectivity index (χ1n) is 8.45. The second-order valence-corrected chi connectivity index (χ2v) is 5.80. The Balaban J connectivity index is 1.83. The summed E-state index contributed by atoms with van der Waals surface area (Å²) in [6.07, 6.45) is -2.58. The van der Waals surface area contributed by atoms with Crippen molar-refractivity contribution in [1.82, 2.24) is 20.1 Å². The lowest BCUT2D eigenvalue weighted by molar-refractivity contribution is -0.384. The Morgan fingerprint density at radius 3 is 2.71 bits per heavy atom. The number of alkyl halides is 3. The molecular weight excluding hydrogens is 381 g/mol. The topological polar surface area (TPSA) is 115 Å². The van der Waals surface area contributed by atoms with Crippen LogP contribution in [0.2, 0.25) is 0 Å². The molecule has 0 atom stereocenters. The van der Waals surface area contributed by atoms with Crippen LogP contribution in [0.3, 0.4) is 0 Å².